The monoisotopic (exact) mass is 332 g/mol. The summed E-state index contributed by atoms with van der Waals surface area (Å²) in [5.41, 5.74) is 0.729. The second-order valence-corrected chi connectivity index (χ2v) is 5.45. The Kier molecular flexibility index (Phi) is 5.26. The molecular formula is C16H17ClN4O2. The predicted molar refractivity (Wildman–Crippen MR) is 86.3 cm³/mol. The van der Waals surface area contributed by atoms with Crippen LogP contribution in [-0.2, 0) is 6.54 Å². The van der Waals surface area contributed by atoms with E-state index in [0.29, 0.717) is 17.5 Å². The van der Waals surface area contributed by atoms with Gasteiger partial charge < -0.3 is 4.74 Å². The van der Waals surface area contributed by atoms with Crippen molar-refractivity contribution in [2.45, 2.75) is 25.8 Å². The number of benzene rings is 1. The van der Waals surface area contributed by atoms with Gasteiger partial charge in [0.15, 0.2) is 0 Å². The summed E-state index contributed by atoms with van der Waals surface area (Å²) in [4.78, 5) is 4.20. The van der Waals surface area contributed by atoms with Crippen molar-refractivity contribution in [1.82, 2.24) is 19.9 Å². The van der Waals surface area contributed by atoms with Crippen LogP contribution in [0.1, 0.15) is 19.3 Å². The first-order chi connectivity index (χ1) is 11.3. The Morgan fingerprint density at radius 2 is 2.04 bits per heavy atom. The maximum atomic E-state index is 6.10. The molecule has 120 valence electrons. The zero-order valence-corrected chi connectivity index (χ0v) is 13.3. The van der Waals surface area contributed by atoms with Gasteiger partial charge in [-0.15, -0.1) is 0 Å². The maximum absolute atomic E-state index is 6.10. The SMILES string of the molecule is Clc1ccccc1-c1noc(OCCCCCn2cccn2)n1. The van der Waals surface area contributed by atoms with E-state index in [9.17, 15) is 0 Å². The second-order valence-electron chi connectivity index (χ2n) is 5.04. The average molecular weight is 333 g/mol. The number of ether oxygens (including phenoxy) is 1. The molecule has 2 heterocycles. The molecule has 6 nitrogen and oxygen atoms in total. The van der Waals surface area contributed by atoms with E-state index in [1.807, 2.05) is 35.1 Å². The molecule has 0 saturated heterocycles. The van der Waals surface area contributed by atoms with Crippen molar-refractivity contribution in [3.63, 3.8) is 0 Å². The summed E-state index contributed by atoms with van der Waals surface area (Å²) in [6, 6.07) is 9.28. The molecule has 0 aliphatic carbocycles. The molecule has 3 rings (SSSR count). The van der Waals surface area contributed by atoms with Crippen molar-refractivity contribution >= 4 is 11.6 Å². The van der Waals surface area contributed by atoms with Gasteiger partial charge in [0.25, 0.3) is 0 Å². The van der Waals surface area contributed by atoms with E-state index in [0.717, 1.165) is 31.4 Å². The van der Waals surface area contributed by atoms with Crippen LogP contribution in [0.15, 0.2) is 47.2 Å². The molecule has 0 radical (unpaired) electrons. The van der Waals surface area contributed by atoms with E-state index in [4.69, 9.17) is 20.9 Å². The van der Waals surface area contributed by atoms with E-state index in [1.54, 1.807) is 12.3 Å². The fourth-order valence-corrected chi connectivity index (χ4v) is 2.39. The molecular weight excluding hydrogens is 316 g/mol. The number of hydrogen-bond donors (Lipinski definition) is 0. The highest BCUT2D eigenvalue weighted by atomic mass is 35.5. The normalized spacial score (nSPS) is 10.8. The molecule has 2 aromatic heterocycles. The lowest BCUT2D eigenvalue weighted by Crippen LogP contribution is -2.01. The lowest BCUT2D eigenvalue weighted by molar-refractivity contribution is 0.199. The summed E-state index contributed by atoms with van der Waals surface area (Å²) in [6.45, 7) is 1.47. The molecule has 0 saturated carbocycles. The third-order valence-electron chi connectivity index (χ3n) is 3.34. The third kappa shape index (κ3) is 4.32. The van der Waals surface area contributed by atoms with Crippen molar-refractivity contribution in [3.05, 3.63) is 47.7 Å². The lowest BCUT2D eigenvalue weighted by atomic mass is 10.2. The van der Waals surface area contributed by atoms with Crippen molar-refractivity contribution in [1.29, 1.82) is 0 Å². The molecule has 0 aliphatic rings. The van der Waals surface area contributed by atoms with Gasteiger partial charge >= 0.3 is 6.08 Å². The van der Waals surface area contributed by atoms with Crippen LogP contribution in [0.5, 0.6) is 6.08 Å². The number of hydrogen-bond acceptors (Lipinski definition) is 5. The van der Waals surface area contributed by atoms with Crippen molar-refractivity contribution in [2.24, 2.45) is 0 Å². The van der Waals surface area contributed by atoms with E-state index in [2.05, 4.69) is 15.2 Å². The lowest BCUT2D eigenvalue weighted by Gasteiger charge is -2.02. The number of aryl methyl sites for hydroxylation is 1. The van der Waals surface area contributed by atoms with Gasteiger partial charge in [-0.25, -0.2) is 0 Å². The molecule has 0 atom stereocenters. The van der Waals surface area contributed by atoms with Crippen LogP contribution in [-0.4, -0.2) is 26.5 Å². The molecule has 0 bridgehead atoms. The average Bonchev–Trinajstić information content (AvgIpc) is 3.23. The van der Waals surface area contributed by atoms with Crippen LogP contribution in [0.2, 0.25) is 5.02 Å². The van der Waals surface area contributed by atoms with E-state index in [1.165, 1.54) is 0 Å². The minimum Gasteiger partial charge on any atom is -0.449 e. The fraction of sp³-hybridized carbons (Fsp3) is 0.312. The topological polar surface area (TPSA) is 66.0 Å². The maximum Gasteiger partial charge on any atom is 0.417 e. The van der Waals surface area contributed by atoms with Gasteiger partial charge in [-0.05, 0) is 37.5 Å². The van der Waals surface area contributed by atoms with Crippen LogP contribution in [0, 0.1) is 0 Å². The molecule has 0 aliphatic heterocycles. The minimum absolute atomic E-state index is 0.173. The molecule has 3 aromatic rings. The van der Waals surface area contributed by atoms with Gasteiger partial charge in [-0.1, -0.05) is 28.9 Å². The van der Waals surface area contributed by atoms with Gasteiger partial charge in [0, 0.05) is 24.5 Å². The van der Waals surface area contributed by atoms with Crippen molar-refractivity contribution in [2.75, 3.05) is 6.61 Å². The van der Waals surface area contributed by atoms with E-state index >= 15 is 0 Å². The summed E-state index contributed by atoms with van der Waals surface area (Å²) >= 11 is 6.10. The molecule has 0 amide bonds. The standard InChI is InChI=1S/C16H17ClN4O2/c17-14-8-3-2-7-13(14)15-19-16(23-20-15)22-12-5-1-4-10-21-11-6-9-18-21/h2-3,6-9,11H,1,4-5,10,12H2. The molecule has 0 unspecified atom stereocenters. The van der Waals surface area contributed by atoms with Gasteiger partial charge in [0.2, 0.25) is 5.82 Å². The molecule has 7 heteroatoms. The molecule has 0 N–H and O–H groups in total. The summed E-state index contributed by atoms with van der Waals surface area (Å²) in [5.74, 6) is 0.435. The quantitative estimate of drug-likeness (QED) is 0.586. The first kappa shape index (κ1) is 15.6. The van der Waals surface area contributed by atoms with Gasteiger partial charge in [-0.2, -0.15) is 10.1 Å². The highest BCUT2D eigenvalue weighted by molar-refractivity contribution is 6.33. The van der Waals surface area contributed by atoms with Gasteiger partial charge in [-0.3, -0.25) is 9.20 Å². The highest BCUT2D eigenvalue weighted by Crippen LogP contribution is 2.26. The summed E-state index contributed by atoms with van der Waals surface area (Å²) in [7, 11) is 0. The smallest absolute Gasteiger partial charge is 0.417 e. The molecule has 0 fully saturated rings. The largest absolute Gasteiger partial charge is 0.449 e. The Bertz CT molecular complexity index is 727. The number of halogens is 1. The first-order valence-electron chi connectivity index (χ1n) is 7.52. The zero-order valence-electron chi connectivity index (χ0n) is 12.6. The van der Waals surface area contributed by atoms with Crippen molar-refractivity contribution in [3.8, 4) is 17.5 Å². The predicted octanol–water partition coefficient (Wildman–Crippen LogP) is 3.84. The number of unbranched alkanes of at least 4 members (excludes halogenated alkanes) is 2. The van der Waals surface area contributed by atoms with E-state index < -0.39 is 0 Å². The minimum atomic E-state index is 0.173. The Labute approximate surface area is 139 Å². The van der Waals surface area contributed by atoms with Crippen LogP contribution in [0.25, 0.3) is 11.4 Å². The number of nitrogens with zero attached hydrogens (tertiary/aromatic N) is 4. The van der Waals surface area contributed by atoms with Crippen molar-refractivity contribution < 1.29 is 9.26 Å². The third-order valence-corrected chi connectivity index (χ3v) is 3.67. The first-order valence-corrected chi connectivity index (χ1v) is 7.89. The Hall–Kier alpha value is -2.34. The van der Waals surface area contributed by atoms with Crippen LogP contribution in [0.4, 0.5) is 0 Å². The zero-order chi connectivity index (χ0) is 15.9. The van der Waals surface area contributed by atoms with Gasteiger partial charge in [0.1, 0.15) is 0 Å². The van der Waals surface area contributed by atoms with Crippen LogP contribution in [0.3, 0.4) is 0 Å². The Morgan fingerprint density at radius 3 is 2.87 bits per heavy atom. The Morgan fingerprint density at radius 1 is 1.13 bits per heavy atom. The summed E-state index contributed by atoms with van der Waals surface area (Å²) in [6.07, 6.45) is 6.95. The molecule has 0 spiro atoms. The molecule has 23 heavy (non-hydrogen) atoms. The van der Waals surface area contributed by atoms with Crippen LogP contribution >= 0.6 is 11.6 Å². The van der Waals surface area contributed by atoms with Crippen LogP contribution < -0.4 is 4.74 Å². The summed E-state index contributed by atoms with van der Waals surface area (Å²) in [5, 5.41) is 8.63. The summed E-state index contributed by atoms with van der Waals surface area (Å²) < 4.78 is 12.5. The fourth-order valence-electron chi connectivity index (χ4n) is 2.16. The van der Waals surface area contributed by atoms with E-state index in [-0.39, 0.29) is 6.08 Å². The Balaban J connectivity index is 1.40. The van der Waals surface area contributed by atoms with Gasteiger partial charge in [0.05, 0.1) is 11.6 Å². The number of rotatable bonds is 8. The number of aromatic nitrogens is 4. The molecule has 1 aromatic carbocycles. The second kappa shape index (κ2) is 7.78. The highest BCUT2D eigenvalue weighted by Gasteiger charge is 2.11.